The van der Waals surface area contributed by atoms with Gasteiger partial charge < -0.3 is 10.0 Å². The number of likely N-dealkylation sites (tertiary alicyclic amines) is 1. The number of hydrogen-bond acceptors (Lipinski definition) is 4. The van der Waals surface area contributed by atoms with Gasteiger partial charge in [0.25, 0.3) is 5.91 Å². The number of fused-ring (bicyclic) bond motifs is 1. The van der Waals surface area contributed by atoms with E-state index in [2.05, 4.69) is 10.1 Å². The zero-order valence-corrected chi connectivity index (χ0v) is 15.2. The van der Waals surface area contributed by atoms with Crippen molar-refractivity contribution < 1.29 is 14.7 Å². The highest BCUT2D eigenvalue weighted by Crippen LogP contribution is 2.31. The number of hydrogen-bond donors (Lipinski definition) is 1. The lowest BCUT2D eigenvalue weighted by Crippen LogP contribution is -2.35. The molecule has 0 bridgehead atoms. The highest BCUT2D eigenvalue weighted by atomic mass is 16.4. The van der Waals surface area contributed by atoms with Crippen LogP contribution in [-0.2, 0) is 4.79 Å². The van der Waals surface area contributed by atoms with E-state index in [0.29, 0.717) is 24.3 Å². The van der Waals surface area contributed by atoms with Crippen LogP contribution in [0.3, 0.4) is 0 Å². The lowest BCUT2D eigenvalue weighted by atomic mass is 9.90. The van der Waals surface area contributed by atoms with E-state index in [1.807, 2.05) is 43.3 Å². The fraction of sp³-hybridized carbons (Fsp3) is 0.300. The maximum absolute atomic E-state index is 12.9. The summed E-state index contributed by atoms with van der Waals surface area (Å²) in [5.74, 6) is -1.13. The molecule has 3 heterocycles. The number of carboxylic acids is 1. The quantitative estimate of drug-likeness (QED) is 0.772. The molecule has 1 atom stereocenters. The molecule has 2 aromatic heterocycles. The minimum atomic E-state index is -0.901. The van der Waals surface area contributed by atoms with Gasteiger partial charge in [0.05, 0.1) is 16.8 Å². The van der Waals surface area contributed by atoms with Crippen LogP contribution in [-0.4, -0.2) is 49.7 Å². The number of pyridine rings is 1. The normalized spacial score (nSPS) is 19.6. The molecule has 3 aromatic rings. The Hall–Kier alpha value is -3.22. The Balaban J connectivity index is 1.72. The molecule has 1 aliphatic rings. The Kier molecular flexibility index (Phi) is 3.95. The smallest absolute Gasteiger partial charge is 0.311 e. The predicted octanol–water partition coefficient (Wildman–Crippen LogP) is 2.67. The first kappa shape index (κ1) is 17.2. The minimum absolute atomic E-state index is 0.192. The fourth-order valence-corrected chi connectivity index (χ4v) is 3.48. The second-order valence-electron chi connectivity index (χ2n) is 7.24. The van der Waals surface area contributed by atoms with Crippen LogP contribution in [0.25, 0.3) is 16.7 Å². The van der Waals surface area contributed by atoms with Gasteiger partial charge in [-0.3, -0.25) is 9.59 Å². The number of aromatic nitrogens is 3. The van der Waals surface area contributed by atoms with Gasteiger partial charge >= 0.3 is 5.97 Å². The summed E-state index contributed by atoms with van der Waals surface area (Å²) < 4.78 is 1.73. The van der Waals surface area contributed by atoms with E-state index in [1.54, 1.807) is 22.6 Å². The monoisotopic (exact) mass is 364 g/mol. The number of nitrogens with zero attached hydrogens (tertiary/aromatic N) is 4. The molecule has 0 radical (unpaired) electrons. The van der Waals surface area contributed by atoms with Crippen molar-refractivity contribution in [1.29, 1.82) is 0 Å². The van der Waals surface area contributed by atoms with E-state index in [4.69, 9.17) is 0 Å². The van der Waals surface area contributed by atoms with Crippen LogP contribution in [0.4, 0.5) is 0 Å². The topological polar surface area (TPSA) is 88.3 Å². The molecule has 1 N–H and O–H groups in total. The number of amides is 1. The van der Waals surface area contributed by atoms with Crippen LogP contribution < -0.4 is 0 Å². The molecule has 0 spiro atoms. The number of carbonyl (C=O) groups is 2. The molecule has 1 saturated heterocycles. The number of carbonyl (C=O) groups excluding carboxylic acids is 1. The molecular weight excluding hydrogens is 344 g/mol. The van der Waals surface area contributed by atoms with E-state index in [-0.39, 0.29) is 12.5 Å². The number of aliphatic carboxylic acids is 1. The van der Waals surface area contributed by atoms with Crippen LogP contribution in [0.5, 0.6) is 0 Å². The third kappa shape index (κ3) is 2.85. The summed E-state index contributed by atoms with van der Waals surface area (Å²) in [6.07, 6.45) is 0.442. The van der Waals surface area contributed by atoms with Crippen LogP contribution in [0.1, 0.15) is 29.5 Å². The molecule has 1 aromatic carbocycles. The number of benzene rings is 1. The standard InChI is InChI=1S/C20H20N4O3/c1-13-15-8-9-16(18(25)23-11-10-20(2,12-23)19(26)27)21-17(15)24(22-13)14-6-4-3-5-7-14/h3-9H,10-12H2,1-2H3,(H,26,27). The van der Waals surface area contributed by atoms with Crippen molar-refractivity contribution in [1.82, 2.24) is 19.7 Å². The van der Waals surface area contributed by atoms with Gasteiger partial charge in [0, 0.05) is 18.5 Å². The summed E-state index contributed by atoms with van der Waals surface area (Å²) in [5.41, 5.74) is 1.72. The summed E-state index contributed by atoms with van der Waals surface area (Å²) in [7, 11) is 0. The molecule has 27 heavy (non-hydrogen) atoms. The first-order valence-corrected chi connectivity index (χ1v) is 8.83. The summed E-state index contributed by atoms with van der Waals surface area (Å²) in [6, 6.07) is 13.2. The first-order chi connectivity index (χ1) is 12.9. The Labute approximate surface area is 156 Å². The van der Waals surface area contributed by atoms with E-state index in [1.165, 1.54) is 0 Å². The molecule has 7 nitrogen and oxygen atoms in total. The molecule has 1 amide bonds. The predicted molar refractivity (Wildman–Crippen MR) is 99.9 cm³/mol. The highest BCUT2D eigenvalue weighted by molar-refractivity contribution is 5.95. The van der Waals surface area contributed by atoms with Crippen LogP contribution >= 0.6 is 0 Å². The summed E-state index contributed by atoms with van der Waals surface area (Å²) in [4.78, 5) is 30.5. The maximum atomic E-state index is 12.9. The third-order valence-electron chi connectivity index (χ3n) is 5.21. The largest absolute Gasteiger partial charge is 0.481 e. The lowest BCUT2D eigenvalue weighted by molar-refractivity contribution is -0.147. The molecule has 1 aliphatic heterocycles. The van der Waals surface area contributed by atoms with Crippen LogP contribution in [0.15, 0.2) is 42.5 Å². The SMILES string of the molecule is Cc1nn(-c2ccccc2)c2nc(C(=O)N3CCC(C)(C(=O)O)C3)ccc12. The van der Waals surface area contributed by atoms with Gasteiger partial charge in [-0.05, 0) is 44.5 Å². The van der Waals surface area contributed by atoms with Crippen molar-refractivity contribution in [3.63, 3.8) is 0 Å². The van der Waals surface area contributed by atoms with Gasteiger partial charge in [-0.25, -0.2) is 9.67 Å². The first-order valence-electron chi connectivity index (χ1n) is 8.83. The van der Waals surface area contributed by atoms with Gasteiger partial charge in [-0.2, -0.15) is 5.10 Å². The number of carboxylic acid groups (broad SMARTS) is 1. The van der Waals surface area contributed by atoms with Gasteiger partial charge in [0.1, 0.15) is 5.69 Å². The average Bonchev–Trinajstić information content (AvgIpc) is 3.23. The van der Waals surface area contributed by atoms with E-state index in [9.17, 15) is 14.7 Å². The Bertz CT molecular complexity index is 1040. The highest BCUT2D eigenvalue weighted by Gasteiger charge is 2.42. The van der Waals surface area contributed by atoms with E-state index in [0.717, 1.165) is 16.8 Å². The van der Waals surface area contributed by atoms with E-state index >= 15 is 0 Å². The van der Waals surface area contributed by atoms with E-state index < -0.39 is 11.4 Å². The molecule has 1 unspecified atom stereocenters. The molecule has 0 aliphatic carbocycles. The number of para-hydroxylation sites is 1. The molecule has 7 heteroatoms. The Morgan fingerprint density at radius 2 is 1.89 bits per heavy atom. The Morgan fingerprint density at radius 3 is 2.56 bits per heavy atom. The summed E-state index contributed by atoms with van der Waals surface area (Å²) in [6.45, 7) is 4.19. The van der Waals surface area contributed by atoms with Crippen molar-refractivity contribution in [2.45, 2.75) is 20.3 Å². The van der Waals surface area contributed by atoms with Gasteiger partial charge in [-0.1, -0.05) is 18.2 Å². The molecule has 1 fully saturated rings. The van der Waals surface area contributed by atoms with Crippen LogP contribution in [0, 0.1) is 12.3 Å². The zero-order valence-electron chi connectivity index (χ0n) is 15.2. The molecule has 0 saturated carbocycles. The zero-order chi connectivity index (χ0) is 19.2. The van der Waals surface area contributed by atoms with Gasteiger partial charge in [0.15, 0.2) is 5.65 Å². The molecular formula is C20H20N4O3. The fourth-order valence-electron chi connectivity index (χ4n) is 3.48. The number of rotatable bonds is 3. The van der Waals surface area contributed by atoms with Crippen molar-refractivity contribution >= 4 is 22.9 Å². The Morgan fingerprint density at radius 1 is 1.15 bits per heavy atom. The molecule has 4 rings (SSSR count). The maximum Gasteiger partial charge on any atom is 0.311 e. The average molecular weight is 364 g/mol. The number of aryl methyl sites for hydroxylation is 1. The summed E-state index contributed by atoms with van der Waals surface area (Å²) in [5, 5.41) is 14.8. The van der Waals surface area contributed by atoms with Crippen LogP contribution in [0.2, 0.25) is 0 Å². The second-order valence-corrected chi connectivity index (χ2v) is 7.24. The third-order valence-corrected chi connectivity index (χ3v) is 5.21. The van der Waals surface area contributed by atoms with Crippen molar-refractivity contribution in [3.05, 3.63) is 53.9 Å². The van der Waals surface area contributed by atoms with Gasteiger partial charge in [0.2, 0.25) is 0 Å². The van der Waals surface area contributed by atoms with Crippen molar-refractivity contribution in [2.24, 2.45) is 5.41 Å². The van der Waals surface area contributed by atoms with Crippen molar-refractivity contribution in [2.75, 3.05) is 13.1 Å². The minimum Gasteiger partial charge on any atom is -0.481 e. The van der Waals surface area contributed by atoms with Gasteiger partial charge in [-0.15, -0.1) is 0 Å². The molecule has 138 valence electrons. The second kappa shape index (κ2) is 6.19. The van der Waals surface area contributed by atoms with Crippen molar-refractivity contribution in [3.8, 4) is 5.69 Å². The lowest BCUT2D eigenvalue weighted by Gasteiger charge is -2.19. The summed E-state index contributed by atoms with van der Waals surface area (Å²) >= 11 is 0.